The molecule has 0 aliphatic rings. The van der Waals surface area contributed by atoms with Gasteiger partial charge in [-0.3, -0.25) is 0 Å². The third-order valence-electron chi connectivity index (χ3n) is 2.40. The summed E-state index contributed by atoms with van der Waals surface area (Å²) in [7, 11) is -0.448. The van der Waals surface area contributed by atoms with Crippen LogP contribution in [0.25, 0.3) is 10.2 Å². The Morgan fingerprint density at radius 2 is 2.00 bits per heavy atom. The van der Waals surface area contributed by atoms with Crippen LogP contribution in [-0.4, -0.2) is 31.8 Å². The van der Waals surface area contributed by atoms with Crippen molar-refractivity contribution >= 4 is 37.3 Å². The first kappa shape index (κ1) is 12.3. The Bertz CT molecular complexity index is 674. The van der Waals surface area contributed by atoms with Gasteiger partial charge in [-0.25, -0.2) is 17.7 Å². The lowest BCUT2D eigenvalue weighted by Gasteiger charge is -2.12. The molecular formula is C10H13N3O2S2. The van der Waals surface area contributed by atoms with E-state index in [2.05, 4.69) is 4.98 Å². The highest BCUT2D eigenvalue weighted by Crippen LogP contribution is 2.33. The molecule has 0 aliphatic carbocycles. The van der Waals surface area contributed by atoms with Crippen LogP contribution in [0.1, 0.15) is 5.01 Å². The zero-order chi connectivity index (χ0) is 12.8. The highest BCUT2D eigenvalue weighted by molar-refractivity contribution is 7.89. The molecule has 17 heavy (non-hydrogen) atoms. The van der Waals surface area contributed by atoms with Crippen LogP contribution >= 0.6 is 11.3 Å². The summed E-state index contributed by atoms with van der Waals surface area (Å²) in [6.45, 7) is 1.83. The molecule has 0 atom stereocenters. The van der Waals surface area contributed by atoms with Gasteiger partial charge < -0.3 is 5.73 Å². The Kier molecular flexibility index (Phi) is 2.84. The van der Waals surface area contributed by atoms with Crippen molar-refractivity contribution in [3.05, 3.63) is 17.1 Å². The number of hydrogen-bond donors (Lipinski definition) is 1. The highest BCUT2D eigenvalue weighted by atomic mass is 32.2. The maximum absolute atomic E-state index is 12.1. The summed E-state index contributed by atoms with van der Waals surface area (Å²) in [5.41, 5.74) is 6.86. The van der Waals surface area contributed by atoms with Crippen molar-refractivity contribution in [2.24, 2.45) is 0 Å². The molecule has 1 aromatic carbocycles. The van der Waals surface area contributed by atoms with Crippen LogP contribution in [0.4, 0.5) is 5.69 Å². The van der Waals surface area contributed by atoms with E-state index in [0.717, 1.165) is 5.01 Å². The minimum atomic E-state index is -3.46. The lowest BCUT2D eigenvalue weighted by Crippen LogP contribution is -2.22. The minimum absolute atomic E-state index is 0.261. The summed E-state index contributed by atoms with van der Waals surface area (Å²) in [6, 6.07) is 3.11. The molecule has 1 heterocycles. The Morgan fingerprint density at radius 1 is 1.35 bits per heavy atom. The Morgan fingerprint density at radius 3 is 2.59 bits per heavy atom. The molecule has 7 heteroatoms. The van der Waals surface area contributed by atoms with Gasteiger partial charge in [-0.15, -0.1) is 11.3 Å². The first-order valence-electron chi connectivity index (χ1n) is 4.92. The fourth-order valence-electron chi connectivity index (χ4n) is 1.51. The quantitative estimate of drug-likeness (QED) is 0.838. The van der Waals surface area contributed by atoms with Crippen molar-refractivity contribution in [2.45, 2.75) is 11.8 Å². The molecule has 0 bridgehead atoms. The van der Waals surface area contributed by atoms with Crippen LogP contribution in [0, 0.1) is 6.92 Å². The molecule has 1 aromatic heterocycles. The number of fused-ring (bicyclic) bond motifs is 1. The van der Waals surface area contributed by atoms with Crippen LogP contribution in [0.3, 0.4) is 0 Å². The smallest absolute Gasteiger partial charge is 0.244 e. The van der Waals surface area contributed by atoms with Crippen molar-refractivity contribution in [1.82, 2.24) is 9.29 Å². The van der Waals surface area contributed by atoms with Crippen molar-refractivity contribution in [2.75, 3.05) is 19.8 Å². The zero-order valence-electron chi connectivity index (χ0n) is 9.76. The van der Waals surface area contributed by atoms with Gasteiger partial charge in [-0.1, -0.05) is 0 Å². The number of aromatic nitrogens is 1. The molecule has 0 aliphatic heterocycles. The molecule has 2 rings (SSSR count). The Labute approximate surface area is 104 Å². The Hall–Kier alpha value is -1.18. The second-order valence-corrected chi connectivity index (χ2v) is 7.17. The predicted molar refractivity (Wildman–Crippen MR) is 69.6 cm³/mol. The molecule has 2 aromatic rings. The normalized spacial score (nSPS) is 12.5. The molecule has 0 radical (unpaired) electrons. The van der Waals surface area contributed by atoms with E-state index in [4.69, 9.17) is 5.73 Å². The SMILES string of the molecule is Cc1nc2c(N)ccc(S(=O)(=O)N(C)C)c2s1. The second-order valence-electron chi connectivity index (χ2n) is 3.85. The van der Waals surface area contributed by atoms with Gasteiger partial charge in [0.15, 0.2) is 0 Å². The summed E-state index contributed by atoms with van der Waals surface area (Å²) in [6.07, 6.45) is 0. The molecule has 92 valence electrons. The van der Waals surface area contributed by atoms with Crippen LogP contribution in [-0.2, 0) is 10.0 Å². The van der Waals surface area contributed by atoms with Crippen LogP contribution in [0.5, 0.6) is 0 Å². The van der Waals surface area contributed by atoms with Gasteiger partial charge in [0.05, 0.1) is 15.4 Å². The van der Waals surface area contributed by atoms with E-state index in [0.29, 0.717) is 15.9 Å². The number of nitrogens with two attached hydrogens (primary N) is 1. The van der Waals surface area contributed by atoms with E-state index in [9.17, 15) is 8.42 Å². The molecule has 0 amide bonds. The van der Waals surface area contributed by atoms with Crippen molar-refractivity contribution < 1.29 is 8.42 Å². The number of hydrogen-bond acceptors (Lipinski definition) is 5. The van der Waals surface area contributed by atoms with Gasteiger partial charge in [0.25, 0.3) is 0 Å². The van der Waals surface area contributed by atoms with Gasteiger partial charge in [0, 0.05) is 14.1 Å². The van der Waals surface area contributed by atoms with Crippen LogP contribution in [0.2, 0.25) is 0 Å². The zero-order valence-corrected chi connectivity index (χ0v) is 11.4. The molecule has 5 nitrogen and oxygen atoms in total. The monoisotopic (exact) mass is 271 g/mol. The predicted octanol–water partition coefficient (Wildman–Crippen LogP) is 1.44. The van der Waals surface area contributed by atoms with Crippen LogP contribution in [0.15, 0.2) is 17.0 Å². The number of nitrogens with zero attached hydrogens (tertiary/aromatic N) is 2. The maximum atomic E-state index is 12.1. The van der Waals surface area contributed by atoms with E-state index in [1.54, 1.807) is 6.07 Å². The topological polar surface area (TPSA) is 76.3 Å². The van der Waals surface area contributed by atoms with Gasteiger partial charge in [-0.2, -0.15) is 0 Å². The van der Waals surface area contributed by atoms with Gasteiger partial charge in [-0.05, 0) is 19.1 Å². The molecule has 0 saturated carbocycles. The summed E-state index contributed by atoms with van der Waals surface area (Å²) in [5, 5.41) is 0.799. The number of sulfonamides is 1. The molecule has 2 N–H and O–H groups in total. The van der Waals surface area contributed by atoms with Gasteiger partial charge in [0.2, 0.25) is 10.0 Å². The van der Waals surface area contributed by atoms with E-state index in [1.807, 2.05) is 6.92 Å². The van der Waals surface area contributed by atoms with Crippen molar-refractivity contribution in [3.63, 3.8) is 0 Å². The molecule has 0 saturated heterocycles. The average molecular weight is 271 g/mol. The standard InChI is InChI=1S/C10H13N3O2S2/c1-6-12-9-7(11)4-5-8(10(9)16-6)17(14,15)13(2)3/h4-5H,11H2,1-3H3. The number of rotatable bonds is 2. The molecule has 0 fully saturated rings. The Balaban J connectivity index is 2.85. The number of thiazole rings is 1. The largest absolute Gasteiger partial charge is 0.397 e. The number of aryl methyl sites for hydroxylation is 1. The first-order valence-corrected chi connectivity index (χ1v) is 7.18. The number of nitrogen functional groups attached to an aromatic ring is 1. The van der Waals surface area contributed by atoms with Gasteiger partial charge >= 0.3 is 0 Å². The third kappa shape index (κ3) is 1.90. The van der Waals surface area contributed by atoms with E-state index in [-0.39, 0.29) is 4.90 Å². The lowest BCUT2D eigenvalue weighted by atomic mass is 10.3. The average Bonchev–Trinajstić information content (AvgIpc) is 2.60. The van der Waals surface area contributed by atoms with E-state index in [1.165, 1.54) is 35.8 Å². The minimum Gasteiger partial charge on any atom is -0.397 e. The van der Waals surface area contributed by atoms with Crippen molar-refractivity contribution in [1.29, 1.82) is 0 Å². The summed E-state index contributed by atoms with van der Waals surface area (Å²) < 4.78 is 26.1. The third-order valence-corrected chi connectivity index (χ3v) is 5.39. The summed E-state index contributed by atoms with van der Waals surface area (Å²) in [5.74, 6) is 0. The van der Waals surface area contributed by atoms with E-state index >= 15 is 0 Å². The summed E-state index contributed by atoms with van der Waals surface area (Å²) in [4.78, 5) is 4.52. The van der Waals surface area contributed by atoms with Crippen LogP contribution < -0.4 is 5.73 Å². The van der Waals surface area contributed by atoms with Crippen molar-refractivity contribution in [3.8, 4) is 0 Å². The number of anilines is 1. The van der Waals surface area contributed by atoms with Gasteiger partial charge in [0.1, 0.15) is 10.4 Å². The molecule has 0 unspecified atom stereocenters. The number of benzene rings is 1. The van der Waals surface area contributed by atoms with E-state index < -0.39 is 10.0 Å². The molecule has 0 spiro atoms. The highest BCUT2D eigenvalue weighted by Gasteiger charge is 2.22. The lowest BCUT2D eigenvalue weighted by molar-refractivity contribution is 0.522. The molecular weight excluding hydrogens is 258 g/mol. The maximum Gasteiger partial charge on any atom is 0.244 e. The summed E-state index contributed by atoms with van der Waals surface area (Å²) >= 11 is 1.34. The second kappa shape index (κ2) is 3.94. The first-order chi connectivity index (χ1) is 7.84. The fourth-order valence-corrected chi connectivity index (χ4v) is 3.78. The fraction of sp³-hybridized carbons (Fsp3) is 0.300.